The standard InChI is InChI=1S/C21H39N3O.HI/c1-25-20-14-21(15-20)6-12-24(13-7-21)17-19-4-10-23(11-5-19)16-18-2-8-22-9-3-18;/h18-20,22H,2-17H2,1H3;1H. The van der Waals surface area contributed by atoms with Crippen LogP contribution in [0.5, 0.6) is 0 Å². The summed E-state index contributed by atoms with van der Waals surface area (Å²) in [6.07, 6.45) is 11.7. The maximum atomic E-state index is 5.50. The van der Waals surface area contributed by atoms with Crippen LogP contribution in [0.15, 0.2) is 0 Å². The van der Waals surface area contributed by atoms with Gasteiger partial charge in [-0.1, -0.05) is 0 Å². The van der Waals surface area contributed by atoms with Crippen molar-refractivity contribution in [2.75, 3.05) is 59.5 Å². The van der Waals surface area contributed by atoms with Gasteiger partial charge in [-0.3, -0.25) is 0 Å². The first-order valence-corrected chi connectivity index (χ1v) is 10.9. The van der Waals surface area contributed by atoms with E-state index in [9.17, 15) is 0 Å². The molecule has 0 aromatic heterocycles. The van der Waals surface area contributed by atoms with E-state index >= 15 is 0 Å². The van der Waals surface area contributed by atoms with E-state index in [1.807, 2.05) is 7.11 Å². The fourth-order valence-corrected chi connectivity index (χ4v) is 5.84. The highest BCUT2D eigenvalue weighted by molar-refractivity contribution is 14.0. The number of nitrogens with zero attached hydrogens (tertiary/aromatic N) is 2. The smallest absolute Gasteiger partial charge is 0.0582 e. The van der Waals surface area contributed by atoms with Crippen molar-refractivity contribution in [3.05, 3.63) is 0 Å². The zero-order valence-electron chi connectivity index (χ0n) is 16.8. The number of rotatable bonds is 5. The van der Waals surface area contributed by atoms with Crippen molar-refractivity contribution in [2.24, 2.45) is 17.3 Å². The number of piperidine rings is 3. The van der Waals surface area contributed by atoms with E-state index in [-0.39, 0.29) is 24.0 Å². The summed E-state index contributed by atoms with van der Waals surface area (Å²) in [6.45, 7) is 10.6. The minimum absolute atomic E-state index is 0. The molecule has 5 heteroatoms. The fraction of sp³-hybridized carbons (Fsp3) is 1.00. The summed E-state index contributed by atoms with van der Waals surface area (Å²) in [5.74, 6) is 1.90. The molecule has 0 atom stereocenters. The SMILES string of the molecule is COC1CC2(CCN(CC3CCN(CC4CCNCC4)CC3)CC2)C1.I. The monoisotopic (exact) mass is 477 g/mol. The van der Waals surface area contributed by atoms with E-state index in [0.717, 1.165) is 11.8 Å². The summed E-state index contributed by atoms with van der Waals surface area (Å²) in [6, 6.07) is 0. The van der Waals surface area contributed by atoms with Crippen LogP contribution in [0.4, 0.5) is 0 Å². The van der Waals surface area contributed by atoms with Gasteiger partial charge in [-0.15, -0.1) is 24.0 Å². The Labute approximate surface area is 177 Å². The first kappa shape index (κ1) is 21.3. The van der Waals surface area contributed by atoms with Crippen LogP contribution in [0, 0.1) is 17.3 Å². The molecule has 4 nitrogen and oxygen atoms in total. The van der Waals surface area contributed by atoms with Crippen LogP contribution in [0.25, 0.3) is 0 Å². The van der Waals surface area contributed by atoms with Crippen LogP contribution in [0.2, 0.25) is 0 Å². The van der Waals surface area contributed by atoms with Gasteiger partial charge in [-0.2, -0.15) is 0 Å². The van der Waals surface area contributed by atoms with Crippen molar-refractivity contribution in [3.63, 3.8) is 0 Å². The average molecular weight is 477 g/mol. The molecule has 0 aromatic carbocycles. The summed E-state index contributed by atoms with van der Waals surface area (Å²) in [7, 11) is 1.88. The molecule has 3 heterocycles. The summed E-state index contributed by atoms with van der Waals surface area (Å²) in [5, 5.41) is 3.49. The summed E-state index contributed by atoms with van der Waals surface area (Å²) >= 11 is 0. The van der Waals surface area contributed by atoms with Crippen LogP contribution in [0.1, 0.15) is 51.4 Å². The first-order chi connectivity index (χ1) is 12.2. The molecule has 1 aliphatic carbocycles. The number of hydrogen-bond donors (Lipinski definition) is 1. The maximum Gasteiger partial charge on any atom is 0.0582 e. The van der Waals surface area contributed by atoms with Gasteiger partial charge in [0.15, 0.2) is 0 Å². The Bertz CT molecular complexity index is 405. The summed E-state index contributed by atoms with van der Waals surface area (Å²) in [4.78, 5) is 5.54. The lowest BCUT2D eigenvalue weighted by atomic mass is 9.61. The van der Waals surface area contributed by atoms with Crippen molar-refractivity contribution in [3.8, 4) is 0 Å². The van der Waals surface area contributed by atoms with E-state index in [1.54, 1.807) is 0 Å². The van der Waals surface area contributed by atoms with Crippen molar-refractivity contribution in [2.45, 2.75) is 57.5 Å². The zero-order valence-corrected chi connectivity index (χ0v) is 19.1. The molecule has 3 aliphatic heterocycles. The molecule has 152 valence electrons. The lowest BCUT2D eigenvalue weighted by Gasteiger charge is -2.52. The number of nitrogens with one attached hydrogen (secondary N) is 1. The highest BCUT2D eigenvalue weighted by Gasteiger charge is 2.46. The van der Waals surface area contributed by atoms with Crippen LogP contribution in [-0.2, 0) is 4.74 Å². The molecule has 0 bridgehead atoms. The number of ether oxygens (including phenoxy) is 1. The molecule has 1 N–H and O–H groups in total. The molecule has 4 rings (SSSR count). The molecule has 1 spiro atoms. The number of methoxy groups -OCH3 is 1. The van der Waals surface area contributed by atoms with Gasteiger partial charge in [0.2, 0.25) is 0 Å². The second kappa shape index (κ2) is 9.86. The fourth-order valence-electron chi connectivity index (χ4n) is 5.84. The molecule has 0 radical (unpaired) electrons. The second-order valence-electron chi connectivity index (χ2n) is 9.50. The minimum Gasteiger partial charge on any atom is -0.381 e. The van der Waals surface area contributed by atoms with Crippen LogP contribution >= 0.6 is 24.0 Å². The molecule has 3 saturated heterocycles. The maximum absolute atomic E-state index is 5.50. The van der Waals surface area contributed by atoms with E-state index in [2.05, 4.69) is 15.1 Å². The number of halogens is 1. The van der Waals surface area contributed by atoms with Gasteiger partial charge in [-0.25, -0.2) is 0 Å². The quantitative estimate of drug-likeness (QED) is 0.616. The lowest BCUT2D eigenvalue weighted by molar-refractivity contribution is -0.0893. The third kappa shape index (κ3) is 5.34. The van der Waals surface area contributed by atoms with Gasteiger partial charge in [0.1, 0.15) is 0 Å². The van der Waals surface area contributed by atoms with Crippen molar-refractivity contribution in [1.29, 1.82) is 0 Å². The Kier molecular flexibility index (Phi) is 8.07. The molecule has 1 saturated carbocycles. The van der Waals surface area contributed by atoms with Gasteiger partial charge < -0.3 is 19.9 Å². The average Bonchev–Trinajstić information content (AvgIpc) is 2.63. The molecule has 4 aliphatic rings. The molecular formula is C21H40IN3O. The van der Waals surface area contributed by atoms with Gasteiger partial charge in [0, 0.05) is 20.2 Å². The number of hydrogen-bond acceptors (Lipinski definition) is 4. The molecule has 0 aromatic rings. The molecule has 4 fully saturated rings. The first-order valence-electron chi connectivity index (χ1n) is 10.9. The summed E-state index contributed by atoms with van der Waals surface area (Å²) < 4.78 is 5.50. The van der Waals surface area contributed by atoms with Crippen molar-refractivity contribution >= 4 is 24.0 Å². The Hall–Kier alpha value is 0.570. The van der Waals surface area contributed by atoms with E-state index in [1.165, 1.54) is 104 Å². The van der Waals surface area contributed by atoms with Crippen molar-refractivity contribution in [1.82, 2.24) is 15.1 Å². The third-order valence-corrected chi connectivity index (χ3v) is 7.77. The predicted molar refractivity (Wildman–Crippen MR) is 118 cm³/mol. The molecule has 0 unspecified atom stereocenters. The highest BCUT2D eigenvalue weighted by Crippen LogP contribution is 2.50. The normalized spacial score (nSPS) is 29.4. The van der Waals surface area contributed by atoms with Crippen molar-refractivity contribution < 1.29 is 4.74 Å². The zero-order chi connectivity index (χ0) is 17.1. The Balaban J connectivity index is 0.00000196. The molecule has 26 heavy (non-hydrogen) atoms. The second-order valence-corrected chi connectivity index (χ2v) is 9.50. The predicted octanol–water partition coefficient (Wildman–Crippen LogP) is 3.21. The van der Waals surface area contributed by atoms with E-state index in [4.69, 9.17) is 4.74 Å². The third-order valence-electron chi connectivity index (χ3n) is 7.77. The lowest BCUT2D eigenvalue weighted by Crippen LogP contribution is -2.51. The van der Waals surface area contributed by atoms with Crippen LogP contribution < -0.4 is 5.32 Å². The van der Waals surface area contributed by atoms with Gasteiger partial charge in [0.25, 0.3) is 0 Å². The molecule has 0 amide bonds. The van der Waals surface area contributed by atoms with Gasteiger partial charge in [-0.05, 0) is 108 Å². The Morgan fingerprint density at radius 2 is 1.38 bits per heavy atom. The largest absolute Gasteiger partial charge is 0.381 e. The Morgan fingerprint density at radius 3 is 1.96 bits per heavy atom. The van der Waals surface area contributed by atoms with E-state index in [0.29, 0.717) is 11.5 Å². The molecular weight excluding hydrogens is 437 g/mol. The minimum atomic E-state index is 0. The van der Waals surface area contributed by atoms with Crippen LogP contribution in [-0.4, -0.2) is 75.4 Å². The van der Waals surface area contributed by atoms with Gasteiger partial charge >= 0.3 is 0 Å². The topological polar surface area (TPSA) is 27.7 Å². The summed E-state index contributed by atoms with van der Waals surface area (Å²) in [5.41, 5.74) is 0.662. The van der Waals surface area contributed by atoms with Crippen LogP contribution in [0.3, 0.4) is 0 Å². The van der Waals surface area contributed by atoms with E-state index < -0.39 is 0 Å². The highest BCUT2D eigenvalue weighted by atomic mass is 127. The number of likely N-dealkylation sites (tertiary alicyclic amines) is 2. The van der Waals surface area contributed by atoms with Gasteiger partial charge in [0.05, 0.1) is 6.10 Å². The Morgan fingerprint density at radius 1 is 0.846 bits per heavy atom.